The molecule has 0 fully saturated rings. The van der Waals surface area contributed by atoms with Crippen molar-refractivity contribution in [3.63, 3.8) is 0 Å². The number of rotatable bonds is 2. The van der Waals surface area contributed by atoms with E-state index in [2.05, 4.69) is 0 Å². The topological polar surface area (TPSA) is 29.5 Å². The van der Waals surface area contributed by atoms with Crippen LogP contribution in [0.2, 0.25) is 0 Å². The van der Waals surface area contributed by atoms with Gasteiger partial charge in [0.05, 0.1) is 0 Å². The van der Waals surface area contributed by atoms with Crippen LogP contribution in [0.25, 0.3) is 0 Å². The highest BCUT2D eigenvalue weighted by Gasteiger charge is 1.94. The molecule has 0 atom stereocenters. The van der Waals surface area contributed by atoms with Crippen molar-refractivity contribution in [2.24, 2.45) is 0 Å². The Morgan fingerprint density at radius 2 is 2.10 bits per heavy atom. The summed E-state index contributed by atoms with van der Waals surface area (Å²) in [4.78, 5) is 0. The van der Waals surface area contributed by atoms with Crippen LogP contribution in [0.4, 0.5) is 0 Å². The molecule has 3 heteroatoms. The quantitative estimate of drug-likeness (QED) is 0.604. The minimum atomic E-state index is -0.259. The second-order valence-electron chi connectivity index (χ2n) is 2.04. The average molecular weight is 136 g/mol. The third-order valence-electron chi connectivity index (χ3n) is 1.31. The second kappa shape index (κ2) is 3.27. The van der Waals surface area contributed by atoms with Crippen LogP contribution in [0, 0.1) is 6.92 Å². The first-order valence-electron chi connectivity index (χ1n) is 3.14. The van der Waals surface area contributed by atoms with Gasteiger partial charge in [0.25, 0.3) is 0 Å². The zero-order valence-corrected chi connectivity index (χ0v) is 5.87. The third-order valence-corrected chi connectivity index (χ3v) is 1.31. The van der Waals surface area contributed by atoms with E-state index in [4.69, 9.17) is 9.68 Å². The highest BCUT2D eigenvalue weighted by atomic mass is 16.5. The summed E-state index contributed by atoms with van der Waals surface area (Å²) in [5.41, 5.74) is 1.04. The maximum atomic E-state index is 8.42. The van der Waals surface area contributed by atoms with Crippen molar-refractivity contribution in [2.75, 3.05) is 0 Å². The monoisotopic (exact) mass is 136 g/mol. The average Bonchev–Trinajstić information content (AvgIpc) is 1.94. The molecule has 52 valence electrons. The molecular weight excluding hydrogens is 127 g/mol. The van der Waals surface area contributed by atoms with Crippen molar-refractivity contribution in [3.8, 4) is 5.75 Å². The molecule has 0 radical (unpaired) electrons. The van der Waals surface area contributed by atoms with Crippen molar-refractivity contribution in [1.82, 2.24) is 0 Å². The lowest BCUT2D eigenvalue weighted by molar-refractivity contribution is 0.452. The van der Waals surface area contributed by atoms with Crippen LogP contribution in [0.15, 0.2) is 24.3 Å². The Labute approximate surface area is 60.8 Å². The summed E-state index contributed by atoms with van der Waals surface area (Å²) in [5.74, 6) is 0.741. The predicted octanol–water partition coefficient (Wildman–Crippen LogP) is 0.633. The van der Waals surface area contributed by atoms with Crippen molar-refractivity contribution in [1.29, 1.82) is 0 Å². The van der Waals surface area contributed by atoms with Gasteiger partial charge in [-0.3, -0.25) is 0 Å². The van der Waals surface area contributed by atoms with Crippen molar-refractivity contribution in [2.45, 2.75) is 6.92 Å². The molecule has 0 amide bonds. The molecule has 2 nitrogen and oxygen atoms in total. The Morgan fingerprint density at radius 1 is 1.40 bits per heavy atom. The molecule has 0 saturated heterocycles. The molecule has 0 bridgehead atoms. The lowest BCUT2D eigenvalue weighted by Crippen LogP contribution is -2.00. The van der Waals surface area contributed by atoms with E-state index in [1.165, 1.54) is 0 Å². The predicted molar refractivity (Wildman–Crippen MR) is 41.2 cm³/mol. The standard InChI is InChI=1S/C7H9BO2/c1-6-4-2-3-5-7(6)10-8-9/h2-5,8-9H,1H3. The Morgan fingerprint density at radius 3 is 2.70 bits per heavy atom. The van der Waals surface area contributed by atoms with Gasteiger partial charge in [0, 0.05) is 0 Å². The molecule has 0 aliphatic carbocycles. The van der Waals surface area contributed by atoms with Gasteiger partial charge < -0.3 is 9.68 Å². The number of para-hydroxylation sites is 1. The molecule has 0 unspecified atom stereocenters. The van der Waals surface area contributed by atoms with E-state index in [0.717, 1.165) is 11.3 Å². The van der Waals surface area contributed by atoms with Crippen LogP contribution in [0.1, 0.15) is 5.56 Å². The summed E-state index contributed by atoms with van der Waals surface area (Å²) in [6.07, 6.45) is 0. The molecule has 0 aliphatic heterocycles. The molecular formula is C7H9BO2. The van der Waals surface area contributed by atoms with Crippen LogP contribution in [0.5, 0.6) is 5.75 Å². The lowest BCUT2D eigenvalue weighted by atomic mass is 10.2. The first-order chi connectivity index (χ1) is 4.84. The number of hydrogen-bond donors (Lipinski definition) is 1. The lowest BCUT2D eigenvalue weighted by Gasteiger charge is -2.03. The number of benzene rings is 1. The molecule has 1 N–H and O–H groups in total. The van der Waals surface area contributed by atoms with E-state index in [9.17, 15) is 0 Å². The number of aryl methyl sites for hydroxylation is 1. The fourth-order valence-corrected chi connectivity index (χ4v) is 0.788. The minimum Gasteiger partial charge on any atom is -0.539 e. The van der Waals surface area contributed by atoms with Gasteiger partial charge in [-0.2, -0.15) is 0 Å². The Bertz CT molecular complexity index is 213. The van der Waals surface area contributed by atoms with Crippen molar-refractivity contribution < 1.29 is 9.68 Å². The second-order valence-corrected chi connectivity index (χ2v) is 2.04. The Kier molecular flexibility index (Phi) is 2.34. The molecule has 1 aromatic rings. The fourth-order valence-electron chi connectivity index (χ4n) is 0.788. The Balaban J connectivity index is 2.81. The number of hydrogen-bond acceptors (Lipinski definition) is 2. The molecule has 1 aromatic carbocycles. The van der Waals surface area contributed by atoms with Gasteiger partial charge in [-0.05, 0) is 18.6 Å². The third kappa shape index (κ3) is 1.51. The molecule has 0 aliphatic rings. The molecule has 0 aromatic heterocycles. The first-order valence-corrected chi connectivity index (χ1v) is 3.14. The molecule has 0 saturated carbocycles. The van der Waals surface area contributed by atoms with E-state index < -0.39 is 0 Å². The van der Waals surface area contributed by atoms with E-state index in [0.29, 0.717) is 0 Å². The van der Waals surface area contributed by atoms with Crippen LogP contribution in [-0.4, -0.2) is 12.7 Å². The summed E-state index contributed by atoms with van der Waals surface area (Å²) in [5, 5.41) is 8.42. The molecule has 1 rings (SSSR count). The molecule has 0 spiro atoms. The van der Waals surface area contributed by atoms with E-state index >= 15 is 0 Å². The van der Waals surface area contributed by atoms with Gasteiger partial charge in [-0.1, -0.05) is 18.2 Å². The summed E-state index contributed by atoms with van der Waals surface area (Å²) < 4.78 is 4.89. The van der Waals surface area contributed by atoms with Crippen molar-refractivity contribution in [3.05, 3.63) is 29.8 Å². The van der Waals surface area contributed by atoms with Gasteiger partial charge in [0.1, 0.15) is 5.75 Å². The normalized spacial score (nSPS) is 9.00. The zero-order chi connectivity index (χ0) is 7.40. The fraction of sp³-hybridized carbons (Fsp3) is 0.143. The smallest absolute Gasteiger partial charge is 0.504 e. The van der Waals surface area contributed by atoms with Crippen molar-refractivity contribution >= 4 is 7.69 Å². The van der Waals surface area contributed by atoms with E-state index in [-0.39, 0.29) is 7.69 Å². The van der Waals surface area contributed by atoms with Gasteiger partial charge in [-0.25, -0.2) is 0 Å². The molecule has 10 heavy (non-hydrogen) atoms. The van der Waals surface area contributed by atoms with E-state index in [1.807, 2.05) is 31.2 Å². The molecule has 0 heterocycles. The van der Waals surface area contributed by atoms with Crippen LogP contribution in [0.3, 0.4) is 0 Å². The van der Waals surface area contributed by atoms with Crippen LogP contribution < -0.4 is 4.65 Å². The largest absolute Gasteiger partial charge is 0.539 e. The Hall–Kier alpha value is -0.955. The SMILES string of the molecule is Cc1ccccc1OBO. The van der Waals surface area contributed by atoms with Crippen LogP contribution in [-0.2, 0) is 0 Å². The van der Waals surface area contributed by atoms with E-state index in [1.54, 1.807) is 0 Å². The van der Waals surface area contributed by atoms with Gasteiger partial charge >= 0.3 is 7.69 Å². The maximum Gasteiger partial charge on any atom is 0.504 e. The van der Waals surface area contributed by atoms with Gasteiger partial charge in [0.15, 0.2) is 0 Å². The minimum absolute atomic E-state index is 0.259. The first kappa shape index (κ1) is 7.16. The summed E-state index contributed by atoms with van der Waals surface area (Å²) >= 11 is 0. The summed E-state index contributed by atoms with van der Waals surface area (Å²) in [7, 11) is -0.259. The van der Waals surface area contributed by atoms with Gasteiger partial charge in [-0.15, -0.1) is 0 Å². The summed E-state index contributed by atoms with van der Waals surface area (Å²) in [6.45, 7) is 1.94. The summed E-state index contributed by atoms with van der Waals surface area (Å²) in [6, 6.07) is 7.56. The maximum absolute atomic E-state index is 8.42. The van der Waals surface area contributed by atoms with Gasteiger partial charge in [0.2, 0.25) is 0 Å². The zero-order valence-electron chi connectivity index (χ0n) is 5.87. The highest BCUT2D eigenvalue weighted by molar-refractivity contribution is 6.17. The van der Waals surface area contributed by atoms with Crippen LogP contribution >= 0.6 is 0 Å². The highest BCUT2D eigenvalue weighted by Crippen LogP contribution is 2.14.